The molecular formula is C12H14BrClN4. The van der Waals surface area contributed by atoms with E-state index in [4.69, 9.17) is 11.6 Å². The number of nitrogens with one attached hydrogen (secondary N) is 1. The number of hydrogen-bond donors (Lipinski definition) is 1. The van der Waals surface area contributed by atoms with Gasteiger partial charge in [-0.25, -0.2) is 4.98 Å². The van der Waals surface area contributed by atoms with Crippen LogP contribution in [-0.4, -0.2) is 14.8 Å². The number of rotatable bonds is 5. The number of halogens is 2. The molecule has 0 amide bonds. The molecule has 0 aromatic carbocycles. The van der Waals surface area contributed by atoms with Crippen molar-refractivity contribution in [3.8, 4) is 0 Å². The van der Waals surface area contributed by atoms with Gasteiger partial charge in [0.25, 0.3) is 0 Å². The van der Waals surface area contributed by atoms with Gasteiger partial charge in [0, 0.05) is 12.7 Å². The molecule has 0 unspecified atom stereocenters. The van der Waals surface area contributed by atoms with Gasteiger partial charge in [0.05, 0.1) is 28.6 Å². The summed E-state index contributed by atoms with van der Waals surface area (Å²) >= 11 is 9.20. The number of aryl methyl sites for hydroxylation is 1. The Hall–Kier alpha value is -1.07. The second kappa shape index (κ2) is 6.20. The summed E-state index contributed by atoms with van der Waals surface area (Å²) in [6, 6.07) is 3.93. The molecular weight excluding hydrogens is 316 g/mol. The van der Waals surface area contributed by atoms with Crippen LogP contribution < -0.4 is 5.32 Å². The minimum atomic E-state index is 0.469. The lowest BCUT2D eigenvalue weighted by Crippen LogP contribution is -2.09. The first-order valence-corrected chi connectivity index (χ1v) is 6.93. The quantitative estimate of drug-likeness (QED) is 0.850. The minimum Gasteiger partial charge on any atom is -0.378 e. The molecule has 0 aliphatic rings. The van der Waals surface area contributed by atoms with E-state index >= 15 is 0 Å². The largest absolute Gasteiger partial charge is 0.378 e. The van der Waals surface area contributed by atoms with Crippen molar-refractivity contribution in [3.63, 3.8) is 0 Å². The molecule has 0 radical (unpaired) electrons. The van der Waals surface area contributed by atoms with E-state index in [1.165, 1.54) is 0 Å². The van der Waals surface area contributed by atoms with Gasteiger partial charge in [-0.15, -0.1) is 0 Å². The van der Waals surface area contributed by atoms with E-state index in [2.05, 4.69) is 38.3 Å². The van der Waals surface area contributed by atoms with Gasteiger partial charge < -0.3 is 5.32 Å². The van der Waals surface area contributed by atoms with Crippen LogP contribution in [0.15, 0.2) is 29.0 Å². The second-order valence-corrected chi connectivity index (χ2v) is 5.11. The van der Waals surface area contributed by atoms with E-state index in [0.29, 0.717) is 5.15 Å². The van der Waals surface area contributed by atoms with E-state index in [9.17, 15) is 0 Å². The van der Waals surface area contributed by atoms with Gasteiger partial charge in [0.2, 0.25) is 0 Å². The minimum absolute atomic E-state index is 0.469. The number of nitrogens with zero attached hydrogens (tertiary/aromatic N) is 3. The average Bonchev–Trinajstić information content (AvgIpc) is 2.79. The van der Waals surface area contributed by atoms with Crippen molar-refractivity contribution >= 4 is 33.2 Å². The van der Waals surface area contributed by atoms with Crippen molar-refractivity contribution in [2.45, 2.75) is 26.4 Å². The maximum atomic E-state index is 5.85. The van der Waals surface area contributed by atoms with E-state index in [1.807, 2.05) is 23.0 Å². The van der Waals surface area contributed by atoms with Crippen LogP contribution in [0.2, 0.25) is 5.15 Å². The number of hydrogen-bond acceptors (Lipinski definition) is 3. The van der Waals surface area contributed by atoms with Crippen molar-refractivity contribution in [3.05, 3.63) is 39.8 Å². The summed E-state index contributed by atoms with van der Waals surface area (Å²) in [4.78, 5) is 4.07. The molecule has 2 aromatic heterocycles. The Morgan fingerprint density at radius 3 is 3.06 bits per heavy atom. The number of aromatic nitrogens is 3. The Bertz CT molecular complexity index is 527. The molecule has 2 heterocycles. The van der Waals surface area contributed by atoms with Crippen LogP contribution in [0.4, 0.5) is 5.69 Å². The lowest BCUT2D eigenvalue weighted by Gasteiger charge is -2.09. The fraction of sp³-hybridized carbons (Fsp3) is 0.333. The molecule has 0 aliphatic carbocycles. The first kappa shape index (κ1) is 13.4. The lowest BCUT2D eigenvalue weighted by molar-refractivity contribution is 0.578. The van der Waals surface area contributed by atoms with Crippen LogP contribution in [0.5, 0.6) is 0 Å². The standard InChI is InChI=1S/C12H14BrClN4/c1-2-5-18-10(3-4-17-18)8-15-9-6-11(13)12(14)16-7-9/h3-4,6-7,15H,2,5,8H2,1H3. The Kier molecular flexibility index (Phi) is 4.60. The Balaban J connectivity index is 2.02. The van der Waals surface area contributed by atoms with E-state index in [0.717, 1.165) is 35.4 Å². The summed E-state index contributed by atoms with van der Waals surface area (Å²) in [5, 5.41) is 8.05. The fourth-order valence-electron chi connectivity index (χ4n) is 1.63. The normalized spacial score (nSPS) is 10.6. The molecule has 4 nitrogen and oxygen atoms in total. The maximum Gasteiger partial charge on any atom is 0.143 e. The van der Waals surface area contributed by atoms with Gasteiger partial charge in [-0.3, -0.25) is 4.68 Å². The molecule has 0 spiro atoms. The highest BCUT2D eigenvalue weighted by Crippen LogP contribution is 2.23. The summed E-state index contributed by atoms with van der Waals surface area (Å²) in [5.41, 5.74) is 2.08. The molecule has 0 saturated heterocycles. The van der Waals surface area contributed by atoms with Gasteiger partial charge in [-0.05, 0) is 34.5 Å². The first-order chi connectivity index (χ1) is 8.70. The van der Waals surface area contributed by atoms with Crippen molar-refractivity contribution in [2.24, 2.45) is 0 Å². The lowest BCUT2D eigenvalue weighted by atomic mass is 10.3. The van der Waals surface area contributed by atoms with Crippen molar-refractivity contribution in [2.75, 3.05) is 5.32 Å². The molecule has 0 atom stereocenters. The molecule has 1 N–H and O–H groups in total. The zero-order chi connectivity index (χ0) is 13.0. The average molecular weight is 330 g/mol. The van der Waals surface area contributed by atoms with Gasteiger partial charge in [-0.2, -0.15) is 5.10 Å². The van der Waals surface area contributed by atoms with Crippen molar-refractivity contribution in [1.82, 2.24) is 14.8 Å². The van der Waals surface area contributed by atoms with Crippen molar-refractivity contribution in [1.29, 1.82) is 0 Å². The van der Waals surface area contributed by atoms with Gasteiger partial charge >= 0.3 is 0 Å². The summed E-state index contributed by atoms with van der Waals surface area (Å²) < 4.78 is 2.79. The predicted octanol–water partition coefficient (Wildman–Crippen LogP) is 3.72. The highest BCUT2D eigenvalue weighted by Gasteiger charge is 2.03. The monoisotopic (exact) mass is 328 g/mol. The highest BCUT2D eigenvalue weighted by atomic mass is 79.9. The summed E-state index contributed by atoms with van der Waals surface area (Å²) in [5.74, 6) is 0. The number of pyridine rings is 1. The molecule has 6 heteroatoms. The maximum absolute atomic E-state index is 5.85. The Morgan fingerprint density at radius 1 is 1.50 bits per heavy atom. The van der Waals surface area contributed by atoms with Crippen LogP contribution in [0.1, 0.15) is 19.0 Å². The van der Waals surface area contributed by atoms with E-state index in [1.54, 1.807) is 6.20 Å². The topological polar surface area (TPSA) is 42.7 Å². The molecule has 0 bridgehead atoms. The Morgan fingerprint density at radius 2 is 2.33 bits per heavy atom. The highest BCUT2D eigenvalue weighted by molar-refractivity contribution is 9.10. The van der Waals surface area contributed by atoms with Crippen LogP contribution in [0, 0.1) is 0 Å². The van der Waals surface area contributed by atoms with Crippen LogP contribution >= 0.6 is 27.5 Å². The summed E-state index contributed by atoms with van der Waals surface area (Å²) in [6.45, 7) is 3.79. The van der Waals surface area contributed by atoms with E-state index in [-0.39, 0.29) is 0 Å². The smallest absolute Gasteiger partial charge is 0.143 e. The summed E-state index contributed by atoms with van der Waals surface area (Å²) in [6.07, 6.45) is 4.61. The van der Waals surface area contributed by atoms with E-state index < -0.39 is 0 Å². The summed E-state index contributed by atoms with van der Waals surface area (Å²) in [7, 11) is 0. The van der Waals surface area contributed by atoms with Crippen LogP contribution in [0.3, 0.4) is 0 Å². The third kappa shape index (κ3) is 3.23. The second-order valence-electron chi connectivity index (χ2n) is 3.90. The zero-order valence-electron chi connectivity index (χ0n) is 10.0. The third-order valence-electron chi connectivity index (χ3n) is 2.51. The molecule has 0 fully saturated rings. The molecule has 18 heavy (non-hydrogen) atoms. The molecule has 0 aliphatic heterocycles. The predicted molar refractivity (Wildman–Crippen MR) is 76.8 cm³/mol. The first-order valence-electron chi connectivity index (χ1n) is 5.76. The Labute approximate surface area is 119 Å². The SMILES string of the molecule is CCCn1nccc1CNc1cnc(Cl)c(Br)c1. The fourth-order valence-corrected chi connectivity index (χ4v) is 2.09. The van der Waals surface area contributed by atoms with Crippen LogP contribution in [-0.2, 0) is 13.1 Å². The molecule has 0 saturated carbocycles. The zero-order valence-corrected chi connectivity index (χ0v) is 12.4. The van der Waals surface area contributed by atoms with Crippen molar-refractivity contribution < 1.29 is 0 Å². The molecule has 96 valence electrons. The molecule has 2 rings (SSSR count). The third-order valence-corrected chi connectivity index (χ3v) is 3.64. The van der Waals surface area contributed by atoms with Gasteiger partial charge in [-0.1, -0.05) is 18.5 Å². The number of anilines is 1. The van der Waals surface area contributed by atoms with Crippen LogP contribution in [0.25, 0.3) is 0 Å². The van der Waals surface area contributed by atoms with Gasteiger partial charge in [0.15, 0.2) is 0 Å². The van der Waals surface area contributed by atoms with Gasteiger partial charge in [0.1, 0.15) is 5.15 Å². The molecule has 2 aromatic rings.